The van der Waals surface area contributed by atoms with Gasteiger partial charge in [0.1, 0.15) is 0 Å². The molecule has 1 N–H and O–H groups in total. The summed E-state index contributed by atoms with van der Waals surface area (Å²) in [4.78, 5) is 14.3. The molecule has 0 saturated carbocycles. The molecule has 5 heteroatoms. The van der Waals surface area contributed by atoms with Crippen LogP contribution in [0.15, 0.2) is 10.9 Å². The molecule has 1 aromatic heterocycles. The van der Waals surface area contributed by atoms with E-state index in [-0.39, 0.29) is 17.3 Å². The van der Waals surface area contributed by atoms with Crippen molar-refractivity contribution in [3.63, 3.8) is 0 Å². The van der Waals surface area contributed by atoms with Crippen LogP contribution >= 0.6 is 0 Å². The molecular formula is C17H26N2O3. The Morgan fingerprint density at radius 3 is 2.73 bits per heavy atom. The first-order valence-electron chi connectivity index (χ1n) is 8.41. The van der Waals surface area contributed by atoms with E-state index in [1.165, 1.54) is 25.3 Å². The van der Waals surface area contributed by atoms with Gasteiger partial charge in [0.2, 0.25) is 5.43 Å². The van der Waals surface area contributed by atoms with Gasteiger partial charge in [0.25, 0.3) is 0 Å². The van der Waals surface area contributed by atoms with Crippen LogP contribution in [-0.2, 0) is 17.8 Å². The minimum atomic E-state index is -0.270. The number of aromatic hydroxyl groups is 1. The highest BCUT2D eigenvalue weighted by Crippen LogP contribution is 2.22. The molecule has 3 rings (SSSR count). The molecule has 122 valence electrons. The zero-order valence-corrected chi connectivity index (χ0v) is 13.4. The summed E-state index contributed by atoms with van der Waals surface area (Å²) in [5.74, 6) is -0.0887. The Morgan fingerprint density at radius 2 is 2.05 bits per heavy atom. The normalized spacial score (nSPS) is 23.0. The third kappa shape index (κ3) is 3.36. The number of hydrogen-bond donors (Lipinski definition) is 1. The highest BCUT2D eigenvalue weighted by atomic mass is 16.5. The van der Waals surface area contributed by atoms with Crippen LogP contribution in [0.3, 0.4) is 0 Å². The van der Waals surface area contributed by atoms with E-state index in [0.29, 0.717) is 6.54 Å². The Kier molecular flexibility index (Phi) is 4.84. The van der Waals surface area contributed by atoms with E-state index < -0.39 is 0 Å². The Labute approximate surface area is 131 Å². The monoisotopic (exact) mass is 306 g/mol. The molecule has 2 aliphatic rings. The fourth-order valence-corrected chi connectivity index (χ4v) is 3.55. The topological polar surface area (TPSA) is 54.7 Å². The highest BCUT2D eigenvalue weighted by molar-refractivity contribution is 5.30. The molecule has 1 atom stereocenters. The number of pyridine rings is 1. The number of hydrogen-bond acceptors (Lipinski definition) is 4. The zero-order valence-electron chi connectivity index (χ0n) is 13.4. The average Bonchev–Trinajstić information content (AvgIpc) is 3.02. The maximum atomic E-state index is 12.0. The van der Waals surface area contributed by atoms with E-state index in [1.807, 2.05) is 6.92 Å². The number of aromatic nitrogens is 1. The Hall–Kier alpha value is -1.33. The first-order valence-corrected chi connectivity index (χ1v) is 8.41. The van der Waals surface area contributed by atoms with Crippen molar-refractivity contribution in [3.8, 4) is 5.75 Å². The predicted molar refractivity (Wildman–Crippen MR) is 85.2 cm³/mol. The van der Waals surface area contributed by atoms with Crippen LogP contribution < -0.4 is 5.43 Å². The molecule has 5 nitrogen and oxygen atoms in total. The standard InChI is InChI=1S/C17H26N2O3/c1-13-10-16(20)17(21)15(12-18-7-3-2-4-8-18)19(13)11-14-6-5-9-22-14/h10,14,21H,2-9,11-12H2,1H3. The van der Waals surface area contributed by atoms with Gasteiger partial charge in [0, 0.05) is 31.5 Å². The predicted octanol–water partition coefficient (Wildman–Crippen LogP) is 2.03. The number of nitrogens with zero attached hydrogens (tertiary/aromatic N) is 2. The van der Waals surface area contributed by atoms with Crippen molar-refractivity contribution >= 4 is 0 Å². The molecular weight excluding hydrogens is 280 g/mol. The first kappa shape index (κ1) is 15.6. The van der Waals surface area contributed by atoms with Crippen molar-refractivity contribution in [3.05, 3.63) is 27.7 Å². The number of likely N-dealkylation sites (tertiary alicyclic amines) is 1. The van der Waals surface area contributed by atoms with Gasteiger partial charge in [-0.15, -0.1) is 0 Å². The summed E-state index contributed by atoms with van der Waals surface area (Å²) in [6.45, 7) is 6.22. The summed E-state index contributed by atoms with van der Waals surface area (Å²) in [5, 5.41) is 10.3. The lowest BCUT2D eigenvalue weighted by atomic mass is 10.1. The number of aryl methyl sites for hydroxylation is 1. The maximum Gasteiger partial charge on any atom is 0.223 e. The highest BCUT2D eigenvalue weighted by Gasteiger charge is 2.22. The van der Waals surface area contributed by atoms with Crippen molar-refractivity contribution in [1.29, 1.82) is 0 Å². The summed E-state index contributed by atoms with van der Waals surface area (Å²) in [6, 6.07) is 1.53. The van der Waals surface area contributed by atoms with Crippen molar-refractivity contribution in [1.82, 2.24) is 9.47 Å². The van der Waals surface area contributed by atoms with Crippen LogP contribution in [0.5, 0.6) is 5.75 Å². The van der Waals surface area contributed by atoms with Crippen LogP contribution in [0.25, 0.3) is 0 Å². The molecule has 2 fully saturated rings. The van der Waals surface area contributed by atoms with E-state index >= 15 is 0 Å². The number of ether oxygens (including phenoxy) is 1. The second kappa shape index (κ2) is 6.84. The minimum Gasteiger partial charge on any atom is -0.503 e. The van der Waals surface area contributed by atoms with Crippen LogP contribution in [0.1, 0.15) is 43.5 Å². The van der Waals surface area contributed by atoms with E-state index in [1.54, 1.807) is 0 Å². The molecule has 0 aromatic carbocycles. The summed E-state index contributed by atoms with van der Waals surface area (Å²) in [7, 11) is 0. The van der Waals surface area contributed by atoms with Gasteiger partial charge in [-0.2, -0.15) is 0 Å². The maximum absolute atomic E-state index is 12.0. The van der Waals surface area contributed by atoms with Gasteiger partial charge in [-0.3, -0.25) is 9.69 Å². The fraction of sp³-hybridized carbons (Fsp3) is 0.706. The third-order valence-electron chi connectivity index (χ3n) is 4.83. The fourth-order valence-electron chi connectivity index (χ4n) is 3.55. The van der Waals surface area contributed by atoms with Crippen LogP contribution in [-0.4, -0.2) is 40.4 Å². The second-order valence-electron chi connectivity index (χ2n) is 6.53. The van der Waals surface area contributed by atoms with Gasteiger partial charge < -0.3 is 14.4 Å². The lowest BCUT2D eigenvalue weighted by molar-refractivity contribution is 0.0942. The van der Waals surface area contributed by atoms with Gasteiger partial charge in [0.15, 0.2) is 5.75 Å². The van der Waals surface area contributed by atoms with Crippen molar-refractivity contribution in [2.45, 2.75) is 58.2 Å². The molecule has 0 spiro atoms. The van der Waals surface area contributed by atoms with Gasteiger partial charge in [-0.05, 0) is 45.7 Å². The molecule has 0 aliphatic carbocycles. The molecule has 22 heavy (non-hydrogen) atoms. The van der Waals surface area contributed by atoms with Gasteiger partial charge in [-0.1, -0.05) is 6.42 Å². The van der Waals surface area contributed by atoms with Crippen LogP contribution in [0.4, 0.5) is 0 Å². The minimum absolute atomic E-state index is 0.0887. The van der Waals surface area contributed by atoms with Crippen LogP contribution in [0, 0.1) is 6.92 Å². The molecule has 0 amide bonds. The summed E-state index contributed by atoms with van der Waals surface area (Å²) in [5.41, 5.74) is 1.39. The van der Waals surface area contributed by atoms with Crippen molar-refractivity contribution in [2.75, 3.05) is 19.7 Å². The smallest absolute Gasteiger partial charge is 0.223 e. The van der Waals surface area contributed by atoms with E-state index in [4.69, 9.17) is 4.74 Å². The average molecular weight is 306 g/mol. The molecule has 3 heterocycles. The third-order valence-corrected chi connectivity index (χ3v) is 4.83. The molecule has 0 bridgehead atoms. The summed E-state index contributed by atoms with van der Waals surface area (Å²) >= 11 is 0. The summed E-state index contributed by atoms with van der Waals surface area (Å²) in [6.07, 6.45) is 6.01. The quantitative estimate of drug-likeness (QED) is 0.925. The SMILES string of the molecule is Cc1cc(=O)c(O)c(CN2CCCCC2)n1CC1CCCO1. The van der Waals surface area contributed by atoms with Crippen LogP contribution in [0.2, 0.25) is 0 Å². The molecule has 2 aliphatic heterocycles. The molecule has 1 unspecified atom stereocenters. The Bertz CT molecular complexity index is 570. The number of piperidine rings is 1. The van der Waals surface area contributed by atoms with E-state index in [2.05, 4.69) is 9.47 Å². The zero-order chi connectivity index (χ0) is 15.5. The second-order valence-corrected chi connectivity index (χ2v) is 6.53. The Morgan fingerprint density at radius 1 is 1.27 bits per heavy atom. The van der Waals surface area contributed by atoms with Gasteiger partial charge in [0.05, 0.1) is 11.8 Å². The number of rotatable bonds is 4. The molecule has 1 aromatic rings. The lowest BCUT2D eigenvalue weighted by Crippen LogP contribution is -2.32. The van der Waals surface area contributed by atoms with Crippen molar-refractivity contribution in [2.24, 2.45) is 0 Å². The van der Waals surface area contributed by atoms with Crippen molar-refractivity contribution < 1.29 is 9.84 Å². The Balaban J connectivity index is 1.88. The van der Waals surface area contributed by atoms with E-state index in [9.17, 15) is 9.90 Å². The van der Waals surface area contributed by atoms with Gasteiger partial charge >= 0.3 is 0 Å². The van der Waals surface area contributed by atoms with E-state index in [0.717, 1.165) is 50.5 Å². The first-order chi connectivity index (χ1) is 10.6. The molecule has 0 radical (unpaired) electrons. The largest absolute Gasteiger partial charge is 0.503 e. The lowest BCUT2D eigenvalue weighted by Gasteiger charge is -2.29. The summed E-state index contributed by atoms with van der Waals surface area (Å²) < 4.78 is 7.82. The molecule has 2 saturated heterocycles. The van der Waals surface area contributed by atoms with Gasteiger partial charge in [-0.25, -0.2) is 0 Å².